The molecule has 136 valence electrons. The average molecular weight is 380 g/mol. The number of hydrogen-bond donors (Lipinski definition) is 1. The van der Waals surface area contributed by atoms with Crippen molar-refractivity contribution in [3.05, 3.63) is 83.5 Å². The molecule has 1 atom stereocenters. The zero-order valence-electron chi connectivity index (χ0n) is 14.6. The van der Waals surface area contributed by atoms with Gasteiger partial charge in [-0.25, -0.2) is 4.68 Å². The Morgan fingerprint density at radius 2 is 1.96 bits per heavy atom. The molecule has 0 saturated carbocycles. The Bertz CT molecular complexity index is 978. The maximum atomic E-state index is 12.3. The first-order valence-electron chi connectivity index (χ1n) is 8.63. The van der Waals surface area contributed by atoms with Crippen LogP contribution in [0.1, 0.15) is 23.5 Å². The van der Waals surface area contributed by atoms with Crippen LogP contribution in [0.4, 0.5) is 5.82 Å². The SMILES string of the molecule is C=CCOc1ccc([C@H]2CC(=O)Nc3c2cnn3-c2ccc(Cl)cc2)cc1. The molecular formula is C21H18ClN3O2. The van der Waals surface area contributed by atoms with Crippen molar-refractivity contribution in [1.82, 2.24) is 9.78 Å². The first-order valence-corrected chi connectivity index (χ1v) is 9.01. The van der Waals surface area contributed by atoms with Crippen molar-refractivity contribution in [1.29, 1.82) is 0 Å². The number of aromatic nitrogens is 2. The molecule has 0 aliphatic carbocycles. The third-order valence-corrected chi connectivity index (χ3v) is 4.79. The minimum Gasteiger partial charge on any atom is -0.490 e. The molecule has 6 heteroatoms. The van der Waals surface area contributed by atoms with E-state index in [2.05, 4.69) is 17.0 Å². The van der Waals surface area contributed by atoms with Crippen molar-refractivity contribution in [2.45, 2.75) is 12.3 Å². The van der Waals surface area contributed by atoms with E-state index in [0.717, 1.165) is 22.6 Å². The van der Waals surface area contributed by atoms with Gasteiger partial charge in [-0.1, -0.05) is 36.4 Å². The number of rotatable bonds is 5. The number of hydrogen-bond acceptors (Lipinski definition) is 3. The molecule has 0 radical (unpaired) electrons. The highest BCUT2D eigenvalue weighted by atomic mass is 35.5. The monoisotopic (exact) mass is 379 g/mol. The molecule has 0 spiro atoms. The smallest absolute Gasteiger partial charge is 0.226 e. The Labute approximate surface area is 162 Å². The predicted octanol–water partition coefficient (Wildman–Crippen LogP) is 4.56. The second-order valence-electron chi connectivity index (χ2n) is 6.31. The van der Waals surface area contributed by atoms with Crippen LogP contribution in [0.5, 0.6) is 5.75 Å². The Hall–Kier alpha value is -3.05. The fourth-order valence-electron chi connectivity index (χ4n) is 3.25. The number of halogens is 1. The Balaban J connectivity index is 1.68. The quantitative estimate of drug-likeness (QED) is 0.661. The maximum absolute atomic E-state index is 12.3. The topological polar surface area (TPSA) is 56.1 Å². The van der Waals surface area contributed by atoms with E-state index < -0.39 is 0 Å². The summed E-state index contributed by atoms with van der Waals surface area (Å²) in [5.74, 6) is 1.39. The van der Waals surface area contributed by atoms with Gasteiger partial charge in [0.25, 0.3) is 0 Å². The van der Waals surface area contributed by atoms with E-state index in [0.29, 0.717) is 23.9 Å². The van der Waals surface area contributed by atoms with Crippen molar-refractivity contribution in [3.8, 4) is 11.4 Å². The van der Waals surface area contributed by atoms with Crippen molar-refractivity contribution < 1.29 is 9.53 Å². The molecule has 0 fully saturated rings. The molecule has 0 unspecified atom stereocenters. The van der Waals surface area contributed by atoms with E-state index in [1.807, 2.05) is 42.6 Å². The molecule has 1 aromatic heterocycles. The lowest BCUT2D eigenvalue weighted by molar-refractivity contribution is -0.116. The standard InChI is InChI=1S/C21H18ClN3O2/c1-2-11-27-17-9-3-14(4-10-17)18-12-20(26)24-21-19(18)13-23-25(21)16-7-5-15(22)6-8-16/h2-10,13,18H,1,11-12H2,(H,24,26)/t18-/m1/s1. The van der Waals surface area contributed by atoms with Gasteiger partial charge in [-0.15, -0.1) is 0 Å². The maximum Gasteiger partial charge on any atom is 0.226 e. The lowest BCUT2D eigenvalue weighted by atomic mass is 9.87. The van der Waals surface area contributed by atoms with E-state index >= 15 is 0 Å². The molecule has 0 bridgehead atoms. The lowest BCUT2D eigenvalue weighted by Crippen LogP contribution is -2.24. The van der Waals surface area contributed by atoms with E-state index in [4.69, 9.17) is 16.3 Å². The molecule has 2 heterocycles. The first kappa shape index (κ1) is 17.4. The van der Waals surface area contributed by atoms with E-state index in [-0.39, 0.29) is 11.8 Å². The van der Waals surface area contributed by atoms with Gasteiger partial charge >= 0.3 is 0 Å². The minimum absolute atomic E-state index is 0.0322. The van der Waals surface area contributed by atoms with E-state index in [1.165, 1.54) is 0 Å². The number of nitrogens with one attached hydrogen (secondary N) is 1. The highest BCUT2D eigenvalue weighted by Gasteiger charge is 2.30. The van der Waals surface area contributed by atoms with Crippen LogP contribution in [-0.2, 0) is 4.79 Å². The Kier molecular flexibility index (Phi) is 4.69. The highest BCUT2D eigenvalue weighted by Crippen LogP contribution is 2.38. The van der Waals surface area contributed by atoms with Crippen molar-refractivity contribution in [2.24, 2.45) is 0 Å². The summed E-state index contributed by atoms with van der Waals surface area (Å²) in [4.78, 5) is 12.3. The number of amides is 1. The molecule has 4 rings (SSSR count). The van der Waals surface area contributed by atoms with Gasteiger partial charge in [-0.05, 0) is 42.0 Å². The van der Waals surface area contributed by atoms with Gasteiger partial charge in [-0.2, -0.15) is 5.10 Å². The molecule has 1 aliphatic heterocycles. The molecule has 1 amide bonds. The zero-order chi connectivity index (χ0) is 18.8. The summed E-state index contributed by atoms with van der Waals surface area (Å²) in [6.07, 6.45) is 3.90. The number of ether oxygens (including phenoxy) is 1. The molecule has 0 saturated heterocycles. The molecule has 27 heavy (non-hydrogen) atoms. The number of fused-ring (bicyclic) bond motifs is 1. The minimum atomic E-state index is -0.0525. The first-order chi connectivity index (χ1) is 13.2. The molecular weight excluding hydrogens is 362 g/mol. The largest absolute Gasteiger partial charge is 0.490 e. The van der Waals surface area contributed by atoms with Crippen molar-refractivity contribution >= 4 is 23.3 Å². The van der Waals surface area contributed by atoms with Crippen LogP contribution in [-0.4, -0.2) is 22.3 Å². The van der Waals surface area contributed by atoms with Crippen LogP contribution in [0.15, 0.2) is 67.4 Å². The van der Waals surface area contributed by atoms with Gasteiger partial charge in [-0.3, -0.25) is 4.79 Å². The predicted molar refractivity (Wildman–Crippen MR) is 106 cm³/mol. The van der Waals surface area contributed by atoms with Gasteiger partial charge in [0.05, 0.1) is 11.9 Å². The second-order valence-corrected chi connectivity index (χ2v) is 6.75. The number of carbonyl (C=O) groups is 1. The van der Waals surface area contributed by atoms with Gasteiger partial charge in [0, 0.05) is 22.9 Å². The van der Waals surface area contributed by atoms with Crippen LogP contribution in [0.3, 0.4) is 0 Å². The second kappa shape index (κ2) is 7.29. The fraction of sp³-hybridized carbons (Fsp3) is 0.143. The van der Waals surface area contributed by atoms with Crippen LogP contribution >= 0.6 is 11.6 Å². The third kappa shape index (κ3) is 3.46. The summed E-state index contributed by atoms with van der Waals surface area (Å²) in [7, 11) is 0. The van der Waals surface area contributed by atoms with E-state index in [1.54, 1.807) is 22.9 Å². The van der Waals surface area contributed by atoms with Crippen LogP contribution < -0.4 is 10.1 Å². The van der Waals surface area contributed by atoms with Crippen LogP contribution in [0.25, 0.3) is 5.69 Å². The van der Waals surface area contributed by atoms with Crippen molar-refractivity contribution in [3.63, 3.8) is 0 Å². The van der Waals surface area contributed by atoms with E-state index in [9.17, 15) is 4.79 Å². The van der Waals surface area contributed by atoms with Gasteiger partial charge in [0.2, 0.25) is 5.91 Å². The number of benzene rings is 2. The summed E-state index contributed by atoms with van der Waals surface area (Å²) in [6, 6.07) is 15.2. The summed E-state index contributed by atoms with van der Waals surface area (Å²) in [6.45, 7) is 4.11. The highest BCUT2D eigenvalue weighted by molar-refractivity contribution is 6.30. The van der Waals surface area contributed by atoms with Crippen molar-refractivity contribution in [2.75, 3.05) is 11.9 Å². The Morgan fingerprint density at radius 1 is 1.22 bits per heavy atom. The summed E-state index contributed by atoms with van der Waals surface area (Å²) >= 11 is 5.97. The fourth-order valence-corrected chi connectivity index (χ4v) is 3.37. The number of nitrogens with zero attached hydrogens (tertiary/aromatic N) is 2. The Morgan fingerprint density at radius 3 is 2.67 bits per heavy atom. The lowest BCUT2D eigenvalue weighted by Gasteiger charge is -2.24. The molecule has 5 nitrogen and oxygen atoms in total. The van der Waals surface area contributed by atoms with Crippen LogP contribution in [0.2, 0.25) is 5.02 Å². The number of carbonyl (C=O) groups excluding carboxylic acids is 1. The molecule has 2 aromatic carbocycles. The molecule has 1 aliphatic rings. The molecule has 3 aromatic rings. The normalized spacial score (nSPS) is 15.7. The summed E-state index contributed by atoms with van der Waals surface area (Å²) < 4.78 is 7.27. The summed E-state index contributed by atoms with van der Waals surface area (Å²) in [5, 5.41) is 8.10. The van der Waals surface area contributed by atoms with Gasteiger partial charge < -0.3 is 10.1 Å². The molecule has 1 N–H and O–H groups in total. The number of anilines is 1. The van der Waals surface area contributed by atoms with Crippen LogP contribution in [0, 0.1) is 0 Å². The zero-order valence-corrected chi connectivity index (χ0v) is 15.3. The summed E-state index contributed by atoms with van der Waals surface area (Å²) in [5.41, 5.74) is 2.88. The third-order valence-electron chi connectivity index (χ3n) is 4.54. The van der Waals surface area contributed by atoms with Gasteiger partial charge in [0.1, 0.15) is 18.2 Å². The van der Waals surface area contributed by atoms with Gasteiger partial charge in [0.15, 0.2) is 0 Å². The average Bonchev–Trinajstić information content (AvgIpc) is 3.10.